The smallest absolute Gasteiger partial charge is 0.174 e. The number of nitriles is 1. The maximum Gasteiger partial charge on any atom is 0.174 e. The van der Waals surface area contributed by atoms with E-state index in [1.807, 2.05) is 44.2 Å². The third kappa shape index (κ3) is 6.55. The molecule has 0 fully saturated rings. The van der Waals surface area contributed by atoms with Gasteiger partial charge in [0.1, 0.15) is 11.8 Å². The molecule has 1 aromatic rings. The van der Waals surface area contributed by atoms with Crippen LogP contribution in [0.3, 0.4) is 0 Å². The molecule has 4 nitrogen and oxygen atoms in total. The van der Waals surface area contributed by atoms with Crippen molar-refractivity contribution in [3.63, 3.8) is 0 Å². The quantitative estimate of drug-likeness (QED) is 0.704. The summed E-state index contributed by atoms with van der Waals surface area (Å²) >= 11 is 0. The first kappa shape index (κ1) is 16.5. The average Bonchev–Trinajstić information content (AvgIpc) is 2.44. The van der Waals surface area contributed by atoms with E-state index >= 15 is 0 Å². The summed E-state index contributed by atoms with van der Waals surface area (Å²) in [5.74, 6) is 0.729. The molecule has 20 heavy (non-hydrogen) atoms. The zero-order chi connectivity index (χ0) is 14.8. The van der Waals surface area contributed by atoms with E-state index in [0.29, 0.717) is 12.1 Å². The molecule has 0 bridgehead atoms. The number of nitrogens with zero attached hydrogens (tertiary/aromatic N) is 1. The molecule has 1 N–H and O–H groups in total. The lowest BCUT2D eigenvalue weighted by Gasteiger charge is -2.15. The highest BCUT2D eigenvalue weighted by Crippen LogP contribution is 2.17. The zero-order valence-corrected chi connectivity index (χ0v) is 12.6. The van der Waals surface area contributed by atoms with Crippen molar-refractivity contribution < 1.29 is 9.47 Å². The van der Waals surface area contributed by atoms with Crippen LogP contribution < -0.4 is 10.1 Å². The molecule has 110 valence electrons. The maximum absolute atomic E-state index is 8.45. The number of benzene rings is 1. The van der Waals surface area contributed by atoms with Crippen LogP contribution in [-0.4, -0.2) is 25.9 Å². The summed E-state index contributed by atoms with van der Waals surface area (Å²) in [6.45, 7) is 8.04. The molecule has 4 heteroatoms. The third-order valence-corrected chi connectivity index (χ3v) is 2.91. The van der Waals surface area contributed by atoms with Crippen LogP contribution in [0.2, 0.25) is 0 Å². The highest BCUT2D eigenvalue weighted by molar-refractivity contribution is 5.29. The second kappa shape index (κ2) is 9.35. The lowest BCUT2D eigenvalue weighted by Crippen LogP contribution is -2.21. The Morgan fingerprint density at radius 1 is 1.20 bits per heavy atom. The van der Waals surface area contributed by atoms with E-state index in [1.54, 1.807) is 0 Å². The molecular weight excluding hydrogens is 252 g/mol. The molecule has 1 aromatic carbocycles. The summed E-state index contributed by atoms with van der Waals surface area (Å²) in [5.41, 5.74) is 1.21. The van der Waals surface area contributed by atoms with Gasteiger partial charge in [0.25, 0.3) is 0 Å². The molecule has 0 aliphatic carbocycles. The number of ether oxygens (including phenoxy) is 2. The molecule has 0 amide bonds. The van der Waals surface area contributed by atoms with Gasteiger partial charge in [0, 0.05) is 12.6 Å². The first-order chi connectivity index (χ1) is 9.63. The van der Waals surface area contributed by atoms with E-state index in [2.05, 4.69) is 12.2 Å². The Hall–Kier alpha value is -1.57. The molecule has 0 saturated heterocycles. The van der Waals surface area contributed by atoms with Crippen LogP contribution in [0.5, 0.6) is 5.75 Å². The zero-order valence-electron chi connectivity index (χ0n) is 12.6. The Morgan fingerprint density at radius 2 is 1.90 bits per heavy atom. The maximum atomic E-state index is 8.45. The summed E-state index contributed by atoms with van der Waals surface area (Å²) in [5, 5.41) is 11.9. The molecule has 0 radical (unpaired) electrons. The fourth-order valence-electron chi connectivity index (χ4n) is 1.80. The van der Waals surface area contributed by atoms with Crippen molar-refractivity contribution in [2.75, 3.05) is 19.8 Å². The Bertz CT molecular complexity index is 409. The monoisotopic (exact) mass is 276 g/mol. The van der Waals surface area contributed by atoms with Gasteiger partial charge >= 0.3 is 0 Å². The predicted molar refractivity (Wildman–Crippen MR) is 79.7 cm³/mol. The van der Waals surface area contributed by atoms with Crippen LogP contribution in [0.15, 0.2) is 24.3 Å². The summed E-state index contributed by atoms with van der Waals surface area (Å²) in [6.07, 6.45) is 1.31. The Morgan fingerprint density at radius 3 is 2.50 bits per heavy atom. The standard InChI is InChI=1S/C16H24N2O2/c1-13(2)19-11-4-10-18-14(3)15-5-7-16(8-6-15)20-12-9-17/h5-8,13-14,18H,4,10-12H2,1-3H3. The molecule has 0 spiro atoms. The van der Waals surface area contributed by atoms with E-state index < -0.39 is 0 Å². The Balaban J connectivity index is 2.29. The van der Waals surface area contributed by atoms with Gasteiger partial charge in [-0.25, -0.2) is 0 Å². The second-order valence-electron chi connectivity index (χ2n) is 4.96. The first-order valence-corrected chi connectivity index (χ1v) is 7.08. The fourth-order valence-corrected chi connectivity index (χ4v) is 1.80. The SMILES string of the molecule is CC(C)OCCCNC(C)c1ccc(OCC#N)cc1. The molecule has 1 atom stereocenters. The molecule has 0 aliphatic rings. The molecule has 1 rings (SSSR count). The van der Waals surface area contributed by atoms with Crippen molar-refractivity contribution in [1.82, 2.24) is 5.32 Å². The highest BCUT2D eigenvalue weighted by Gasteiger charge is 2.04. The van der Waals surface area contributed by atoms with Crippen molar-refractivity contribution in [3.8, 4) is 11.8 Å². The fraction of sp³-hybridized carbons (Fsp3) is 0.562. The van der Waals surface area contributed by atoms with Crippen LogP contribution in [0, 0.1) is 11.3 Å². The van der Waals surface area contributed by atoms with Gasteiger partial charge in [-0.3, -0.25) is 0 Å². The van der Waals surface area contributed by atoms with E-state index in [4.69, 9.17) is 14.7 Å². The van der Waals surface area contributed by atoms with E-state index in [1.165, 1.54) is 5.56 Å². The van der Waals surface area contributed by atoms with Gasteiger partial charge in [-0.2, -0.15) is 5.26 Å². The third-order valence-electron chi connectivity index (χ3n) is 2.91. The van der Waals surface area contributed by atoms with E-state index in [-0.39, 0.29) is 6.61 Å². The van der Waals surface area contributed by atoms with Gasteiger partial charge in [-0.15, -0.1) is 0 Å². The Kier molecular flexibility index (Phi) is 7.71. The van der Waals surface area contributed by atoms with Crippen LogP contribution in [0.25, 0.3) is 0 Å². The summed E-state index contributed by atoms with van der Waals surface area (Å²) < 4.78 is 10.7. The van der Waals surface area contributed by atoms with Crippen LogP contribution in [0.4, 0.5) is 0 Å². The molecular formula is C16H24N2O2. The normalized spacial score (nSPS) is 12.2. The van der Waals surface area contributed by atoms with E-state index in [9.17, 15) is 0 Å². The summed E-state index contributed by atoms with van der Waals surface area (Å²) in [4.78, 5) is 0. The van der Waals surface area contributed by atoms with Gasteiger partial charge in [-0.05, 0) is 51.4 Å². The number of hydrogen-bond donors (Lipinski definition) is 1. The molecule has 1 unspecified atom stereocenters. The van der Waals surface area contributed by atoms with Crippen molar-refractivity contribution in [2.24, 2.45) is 0 Å². The summed E-state index contributed by atoms with van der Waals surface area (Å²) in [7, 11) is 0. The van der Waals surface area contributed by atoms with Crippen molar-refractivity contribution in [2.45, 2.75) is 39.3 Å². The van der Waals surface area contributed by atoms with Crippen molar-refractivity contribution in [1.29, 1.82) is 5.26 Å². The molecule has 0 heterocycles. The lowest BCUT2D eigenvalue weighted by molar-refractivity contribution is 0.0768. The Labute approximate surface area is 121 Å². The molecule has 0 aliphatic heterocycles. The topological polar surface area (TPSA) is 54.3 Å². The molecule has 0 aromatic heterocycles. The van der Waals surface area contributed by atoms with E-state index in [0.717, 1.165) is 25.3 Å². The first-order valence-electron chi connectivity index (χ1n) is 7.08. The van der Waals surface area contributed by atoms with Gasteiger partial charge in [0.2, 0.25) is 0 Å². The highest BCUT2D eigenvalue weighted by atomic mass is 16.5. The predicted octanol–water partition coefficient (Wildman–Crippen LogP) is 3.05. The van der Waals surface area contributed by atoms with Gasteiger partial charge < -0.3 is 14.8 Å². The minimum absolute atomic E-state index is 0.0863. The largest absolute Gasteiger partial charge is 0.479 e. The van der Waals surface area contributed by atoms with Gasteiger partial charge in [-0.1, -0.05) is 12.1 Å². The number of rotatable bonds is 9. The minimum atomic E-state index is 0.0863. The van der Waals surface area contributed by atoms with Crippen LogP contribution in [0.1, 0.15) is 38.8 Å². The number of nitrogens with one attached hydrogen (secondary N) is 1. The van der Waals surface area contributed by atoms with Gasteiger partial charge in [0.05, 0.1) is 6.10 Å². The van der Waals surface area contributed by atoms with Crippen molar-refractivity contribution >= 4 is 0 Å². The lowest BCUT2D eigenvalue weighted by atomic mass is 10.1. The minimum Gasteiger partial charge on any atom is -0.479 e. The summed E-state index contributed by atoms with van der Waals surface area (Å²) in [6, 6.07) is 10.1. The molecule has 0 saturated carbocycles. The second-order valence-corrected chi connectivity index (χ2v) is 4.96. The van der Waals surface area contributed by atoms with Crippen LogP contribution in [-0.2, 0) is 4.74 Å². The number of hydrogen-bond acceptors (Lipinski definition) is 4. The van der Waals surface area contributed by atoms with Crippen molar-refractivity contribution in [3.05, 3.63) is 29.8 Å². The van der Waals surface area contributed by atoms with Gasteiger partial charge in [0.15, 0.2) is 6.61 Å². The average molecular weight is 276 g/mol. The van der Waals surface area contributed by atoms with Crippen LogP contribution >= 0.6 is 0 Å².